The zero-order chi connectivity index (χ0) is 35.3. The van der Waals surface area contributed by atoms with Gasteiger partial charge in [0, 0.05) is 56.2 Å². The van der Waals surface area contributed by atoms with Gasteiger partial charge in [0.05, 0.1) is 35.2 Å². The van der Waals surface area contributed by atoms with Crippen LogP contribution >= 0.6 is 0 Å². The van der Waals surface area contributed by atoms with Crippen molar-refractivity contribution in [3.63, 3.8) is 0 Å². The molecule has 0 spiro atoms. The molecule has 2 atom stereocenters. The molecule has 14 nitrogen and oxygen atoms in total. The van der Waals surface area contributed by atoms with Crippen LogP contribution in [0.15, 0.2) is 36.9 Å². The van der Waals surface area contributed by atoms with Crippen LogP contribution in [0.2, 0.25) is 0 Å². The first-order chi connectivity index (χ1) is 23.3. The minimum atomic E-state index is -0.489. The number of amides is 1. The van der Waals surface area contributed by atoms with E-state index in [0.717, 1.165) is 60.4 Å². The predicted octanol–water partition coefficient (Wildman–Crippen LogP) is 5.65. The lowest BCUT2D eigenvalue weighted by atomic mass is 10.2. The lowest BCUT2D eigenvalue weighted by Gasteiger charge is -2.24. The van der Waals surface area contributed by atoms with E-state index in [2.05, 4.69) is 82.7 Å². The normalized spacial score (nSPS) is 17.7. The predicted molar refractivity (Wildman–Crippen MR) is 191 cm³/mol. The van der Waals surface area contributed by atoms with Crippen molar-refractivity contribution in [3.05, 3.63) is 48.6 Å². The molecule has 0 radical (unpaired) electrons. The van der Waals surface area contributed by atoms with Crippen molar-refractivity contribution < 1.29 is 9.53 Å². The Morgan fingerprint density at radius 1 is 0.837 bits per heavy atom. The maximum atomic E-state index is 12.2. The van der Waals surface area contributed by atoms with Crippen LogP contribution in [0.3, 0.4) is 0 Å². The topological polar surface area (TPSA) is 153 Å². The second kappa shape index (κ2) is 15.3. The molecular formula is C35H52N12O2. The first-order valence-corrected chi connectivity index (χ1v) is 17.2. The second-order valence-electron chi connectivity index (χ2n) is 14.2. The molecule has 2 aliphatic rings. The number of rotatable bonds is 8. The lowest BCUT2D eigenvalue weighted by molar-refractivity contribution is 0.0293. The van der Waals surface area contributed by atoms with Gasteiger partial charge in [-0.2, -0.15) is 0 Å². The fraction of sp³-hybridized carbons (Fsp3) is 0.571. The molecule has 0 aliphatic carbocycles. The molecule has 2 saturated heterocycles. The number of nitrogens with zero attached hydrogens (tertiary/aromatic N) is 9. The molecule has 4 aromatic heterocycles. The highest BCUT2D eigenvalue weighted by molar-refractivity contribution is 5.68. The average Bonchev–Trinajstić information content (AvgIpc) is 3.85. The summed E-state index contributed by atoms with van der Waals surface area (Å²) in [4.78, 5) is 40.8. The quantitative estimate of drug-likeness (QED) is 0.213. The molecule has 3 N–H and O–H groups in total. The van der Waals surface area contributed by atoms with Gasteiger partial charge in [0.15, 0.2) is 0 Å². The number of carbonyl (C=O) groups is 1. The standard InChI is InChI=1S/C20H30N6O2.C15H22N6/c1-13(2)26-14(3)22-11-17(26)16-7-9-21-18(24-16)23-15-8-10-25(12-15)19(27)28-20(4,5)6;1-10(2)21-11(3)18-9-14(21)13-5-7-17-15(20-13)19-12-4-6-16-8-12/h7,9,11,13,15H,8,10,12H2,1-6H3,(H,21,23,24);5,7,9-10,12,16H,4,6,8H2,1-3H3,(H,17,19,20). The minimum Gasteiger partial charge on any atom is -0.444 e. The van der Waals surface area contributed by atoms with Crippen molar-refractivity contribution in [2.24, 2.45) is 0 Å². The van der Waals surface area contributed by atoms with Crippen molar-refractivity contribution in [3.8, 4) is 22.8 Å². The van der Waals surface area contributed by atoms with E-state index in [1.54, 1.807) is 17.3 Å². The first-order valence-electron chi connectivity index (χ1n) is 17.2. The Kier molecular flexibility index (Phi) is 11.2. The average molecular weight is 673 g/mol. The van der Waals surface area contributed by atoms with E-state index in [9.17, 15) is 4.79 Å². The molecule has 264 valence electrons. The number of hydrogen-bond donors (Lipinski definition) is 3. The van der Waals surface area contributed by atoms with Crippen LogP contribution in [0.1, 0.15) is 85.0 Å². The van der Waals surface area contributed by atoms with Gasteiger partial charge in [-0.15, -0.1) is 0 Å². The minimum absolute atomic E-state index is 0.0968. The third-order valence-corrected chi connectivity index (χ3v) is 8.40. The van der Waals surface area contributed by atoms with E-state index < -0.39 is 5.60 Å². The molecular weight excluding hydrogens is 620 g/mol. The number of aromatic nitrogens is 8. The summed E-state index contributed by atoms with van der Waals surface area (Å²) in [5, 5.41) is 10.1. The Morgan fingerprint density at radius 3 is 1.84 bits per heavy atom. The lowest BCUT2D eigenvalue weighted by Crippen LogP contribution is -2.36. The van der Waals surface area contributed by atoms with Gasteiger partial charge >= 0.3 is 6.09 Å². The summed E-state index contributed by atoms with van der Waals surface area (Å²) < 4.78 is 9.81. The molecule has 4 aromatic rings. The Labute approximate surface area is 289 Å². The summed E-state index contributed by atoms with van der Waals surface area (Å²) in [5.41, 5.74) is 3.26. The van der Waals surface area contributed by atoms with Crippen LogP contribution in [-0.2, 0) is 4.74 Å². The number of anilines is 2. The van der Waals surface area contributed by atoms with Gasteiger partial charge in [-0.1, -0.05) is 0 Å². The maximum absolute atomic E-state index is 12.2. The van der Waals surface area contributed by atoms with Gasteiger partial charge in [-0.05, 0) is 93.8 Å². The number of ether oxygens (including phenoxy) is 1. The zero-order valence-electron chi connectivity index (χ0n) is 30.4. The van der Waals surface area contributed by atoms with Gasteiger partial charge in [0.25, 0.3) is 0 Å². The van der Waals surface area contributed by atoms with E-state index in [4.69, 9.17) is 4.74 Å². The number of nitrogens with one attached hydrogen (secondary N) is 3. The molecule has 2 fully saturated rings. The van der Waals surface area contributed by atoms with Gasteiger partial charge < -0.3 is 34.7 Å². The highest BCUT2D eigenvalue weighted by Crippen LogP contribution is 2.25. The third kappa shape index (κ3) is 9.11. The monoisotopic (exact) mass is 672 g/mol. The molecule has 14 heteroatoms. The van der Waals surface area contributed by atoms with Crippen molar-refractivity contribution in [1.29, 1.82) is 0 Å². The summed E-state index contributed by atoms with van der Waals surface area (Å²) >= 11 is 0. The van der Waals surface area contributed by atoms with Gasteiger partial charge in [-0.3, -0.25) is 0 Å². The van der Waals surface area contributed by atoms with Crippen LogP contribution < -0.4 is 16.0 Å². The van der Waals surface area contributed by atoms with E-state index in [0.29, 0.717) is 43.1 Å². The summed E-state index contributed by atoms with van der Waals surface area (Å²) in [6.45, 7) is 21.5. The summed E-state index contributed by atoms with van der Waals surface area (Å²) in [6, 6.07) is 4.99. The molecule has 6 rings (SSSR count). The zero-order valence-corrected chi connectivity index (χ0v) is 30.4. The Morgan fingerprint density at radius 2 is 1.37 bits per heavy atom. The van der Waals surface area contributed by atoms with E-state index in [-0.39, 0.29) is 12.1 Å². The van der Waals surface area contributed by atoms with Crippen LogP contribution in [-0.4, -0.2) is 93.9 Å². The Balaban J connectivity index is 0.000000199. The number of hydrogen-bond acceptors (Lipinski definition) is 11. The summed E-state index contributed by atoms with van der Waals surface area (Å²) in [5.74, 6) is 3.22. The SMILES string of the molecule is Cc1ncc(-c2ccnc(NC3CCN(C(=O)OC(C)(C)C)C3)n2)n1C(C)C.Cc1ncc(-c2ccnc(NC3CCNC3)n2)n1C(C)C. The number of imidazole rings is 2. The van der Waals surface area contributed by atoms with Gasteiger partial charge in [0.1, 0.15) is 17.2 Å². The van der Waals surface area contributed by atoms with Crippen LogP contribution in [0.5, 0.6) is 0 Å². The molecule has 0 aromatic carbocycles. The summed E-state index contributed by atoms with van der Waals surface area (Å²) in [6.07, 6.45) is 8.95. The highest BCUT2D eigenvalue weighted by atomic mass is 16.6. The fourth-order valence-corrected chi connectivity index (χ4v) is 6.24. The van der Waals surface area contributed by atoms with E-state index in [1.807, 2.05) is 59.1 Å². The molecule has 1 amide bonds. The van der Waals surface area contributed by atoms with Crippen molar-refractivity contribution in [2.75, 3.05) is 36.8 Å². The van der Waals surface area contributed by atoms with Crippen LogP contribution in [0.25, 0.3) is 22.8 Å². The fourth-order valence-electron chi connectivity index (χ4n) is 6.24. The molecule has 0 bridgehead atoms. The van der Waals surface area contributed by atoms with Crippen LogP contribution in [0, 0.1) is 13.8 Å². The molecule has 2 aliphatic heterocycles. The van der Waals surface area contributed by atoms with Gasteiger partial charge in [0.2, 0.25) is 11.9 Å². The Bertz CT molecular complexity index is 1700. The smallest absolute Gasteiger partial charge is 0.410 e. The van der Waals surface area contributed by atoms with Crippen molar-refractivity contribution in [2.45, 2.75) is 105 Å². The molecule has 6 heterocycles. The van der Waals surface area contributed by atoms with Gasteiger partial charge in [-0.25, -0.2) is 34.7 Å². The number of likely N-dealkylation sites (tertiary alicyclic amines) is 1. The second-order valence-corrected chi connectivity index (χ2v) is 14.2. The summed E-state index contributed by atoms with van der Waals surface area (Å²) in [7, 11) is 0. The maximum Gasteiger partial charge on any atom is 0.410 e. The molecule has 2 unspecified atom stereocenters. The third-order valence-electron chi connectivity index (χ3n) is 8.40. The molecule has 0 saturated carbocycles. The van der Waals surface area contributed by atoms with Crippen molar-refractivity contribution >= 4 is 18.0 Å². The first kappa shape index (κ1) is 35.7. The number of carbonyl (C=O) groups excluding carboxylic acids is 1. The molecule has 49 heavy (non-hydrogen) atoms. The Hall–Kier alpha value is -4.59. The van der Waals surface area contributed by atoms with E-state index >= 15 is 0 Å². The number of aryl methyl sites for hydroxylation is 2. The van der Waals surface area contributed by atoms with E-state index in [1.165, 1.54) is 0 Å². The van der Waals surface area contributed by atoms with Crippen molar-refractivity contribution in [1.82, 2.24) is 49.3 Å². The highest BCUT2D eigenvalue weighted by Gasteiger charge is 2.30. The largest absolute Gasteiger partial charge is 0.444 e. The van der Waals surface area contributed by atoms with Crippen LogP contribution in [0.4, 0.5) is 16.7 Å².